The first-order valence-electron chi connectivity index (χ1n) is 8.77. The fourth-order valence-electron chi connectivity index (χ4n) is 2.62. The first-order valence-corrected chi connectivity index (χ1v) is 8.77. The number of amides is 2. The summed E-state index contributed by atoms with van der Waals surface area (Å²) in [6, 6.07) is 19.6. The van der Waals surface area contributed by atoms with Gasteiger partial charge >= 0.3 is 0 Å². The number of aromatic nitrogens is 1. The summed E-state index contributed by atoms with van der Waals surface area (Å²) in [5.74, 6) is -0.602. The molecule has 2 N–H and O–H groups in total. The molecule has 0 aliphatic heterocycles. The predicted molar refractivity (Wildman–Crippen MR) is 110 cm³/mol. The summed E-state index contributed by atoms with van der Waals surface area (Å²) in [5, 5.41) is 6.75. The number of hydrogen-bond acceptors (Lipinski definition) is 4. The number of hydrogen-bond donors (Lipinski definition) is 2. The first-order chi connectivity index (χ1) is 13.5. The Hall–Kier alpha value is -3.80. The van der Waals surface area contributed by atoms with E-state index < -0.39 is 0 Å². The molecule has 2 amide bonds. The number of carbonyl (C=O) groups is 2. The van der Waals surface area contributed by atoms with E-state index in [4.69, 9.17) is 0 Å². The maximum absolute atomic E-state index is 12.4. The highest BCUT2D eigenvalue weighted by atomic mass is 16.2. The summed E-state index contributed by atoms with van der Waals surface area (Å²) in [7, 11) is 0. The summed E-state index contributed by atoms with van der Waals surface area (Å²) in [4.78, 5) is 29.0. The number of carbonyl (C=O) groups excluding carboxylic acids is 2. The number of anilines is 1. The molecule has 6 heteroatoms. The average Bonchev–Trinajstić information content (AvgIpc) is 2.68. The lowest BCUT2D eigenvalue weighted by Gasteiger charge is -2.08. The van der Waals surface area contributed by atoms with Crippen molar-refractivity contribution < 1.29 is 9.59 Å². The number of hydrazone groups is 1. The molecule has 2 aromatic carbocycles. The van der Waals surface area contributed by atoms with Crippen LogP contribution < -0.4 is 10.7 Å². The van der Waals surface area contributed by atoms with Crippen molar-refractivity contribution in [2.24, 2.45) is 5.10 Å². The zero-order valence-corrected chi connectivity index (χ0v) is 15.6. The van der Waals surface area contributed by atoms with Gasteiger partial charge in [0, 0.05) is 22.5 Å². The van der Waals surface area contributed by atoms with Crippen LogP contribution in [-0.2, 0) is 0 Å². The van der Waals surface area contributed by atoms with Crippen molar-refractivity contribution in [2.45, 2.75) is 13.8 Å². The van der Waals surface area contributed by atoms with Crippen molar-refractivity contribution in [1.82, 2.24) is 10.4 Å². The van der Waals surface area contributed by atoms with Gasteiger partial charge in [-0.2, -0.15) is 5.10 Å². The number of nitrogens with one attached hydrogen (secondary N) is 2. The fraction of sp³-hybridized carbons (Fsp3) is 0.0909. The Labute approximate surface area is 163 Å². The average molecular weight is 372 g/mol. The molecular weight excluding hydrogens is 352 g/mol. The third-order valence-corrected chi connectivity index (χ3v) is 4.05. The lowest BCUT2D eigenvalue weighted by atomic mass is 10.1. The molecule has 140 valence electrons. The second-order valence-electron chi connectivity index (χ2n) is 6.25. The fourth-order valence-corrected chi connectivity index (χ4v) is 2.62. The van der Waals surface area contributed by atoms with E-state index in [9.17, 15) is 9.59 Å². The maximum Gasteiger partial charge on any atom is 0.271 e. The minimum absolute atomic E-state index is 0.223. The number of nitrogens with zero attached hydrogens (tertiary/aromatic N) is 2. The molecule has 0 atom stereocenters. The molecule has 0 bridgehead atoms. The third-order valence-electron chi connectivity index (χ3n) is 4.05. The molecule has 0 radical (unpaired) electrons. The van der Waals surface area contributed by atoms with Crippen molar-refractivity contribution in [3.63, 3.8) is 0 Å². The van der Waals surface area contributed by atoms with Gasteiger partial charge in [0.05, 0.1) is 11.9 Å². The van der Waals surface area contributed by atoms with Crippen molar-refractivity contribution in [3.8, 4) is 0 Å². The topological polar surface area (TPSA) is 83.5 Å². The van der Waals surface area contributed by atoms with E-state index in [1.807, 2.05) is 44.2 Å². The predicted octanol–water partition coefficient (Wildman–Crippen LogP) is 3.71. The molecule has 6 nitrogen and oxygen atoms in total. The Bertz CT molecular complexity index is 1040. The second-order valence-corrected chi connectivity index (χ2v) is 6.25. The molecule has 0 fully saturated rings. The molecule has 0 unspecified atom stereocenters. The second kappa shape index (κ2) is 8.73. The number of pyridine rings is 1. The van der Waals surface area contributed by atoms with E-state index in [-0.39, 0.29) is 11.8 Å². The molecule has 0 saturated carbocycles. The van der Waals surface area contributed by atoms with Crippen LogP contribution in [0.25, 0.3) is 0 Å². The molecule has 28 heavy (non-hydrogen) atoms. The molecule has 3 rings (SSSR count). The molecule has 1 heterocycles. The minimum atomic E-state index is -0.379. The van der Waals surface area contributed by atoms with E-state index in [0.717, 1.165) is 11.3 Å². The lowest BCUT2D eigenvalue weighted by Crippen LogP contribution is -2.18. The van der Waals surface area contributed by atoms with Gasteiger partial charge in [0.2, 0.25) is 0 Å². The number of aryl methyl sites for hydroxylation is 2. The van der Waals surface area contributed by atoms with Gasteiger partial charge < -0.3 is 5.32 Å². The van der Waals surface area contributed by atoms with E-state index in [1.165, 1.54) is 6.21 Å². The van der Waals surface area contributed by atoms with Crippen molar-refractivity contribution >= 4 is 23.7 Å². The van der Waals surface area contributed by atoms with E-state index in [0.29, 0.717) is 22.5 Å². The molecule has 0 aliphatic carbocycles. The number of rotatable bonds is 5. The zero-order valence-electron chi connectivity index (χ0n) is 15.6. The van der Waals surface area contributed by atoms with Gasteiger partial charge in [-0.15, -0.1) is 0 Å². The lowest BCUT2D eigenvalue weighted by molar-refractivity contribution is 0.0953. The normalized spacial score (nSPS) is 10.6. The zero-order chi connectivity index (χ0) is 19.9. The largest absolute Gasteiger partial charge is 0.322 e. The molecular formula is C22H20N4O2. The highest BCUT2D eigenvalue weighted by Gasteiger charge is 2.10. The van der Waals surface area contributed by atoms with Crippen molar-refractivity contribution in [1.29, 1.82) is 0 Å². The Morgan fingerprint density at radius 3 is 2.50 bits per heavy atom. The number of benzene rings is 2. The Morgan fingerprint density at radius 2 is 1.71 bits per heavy atom. The van der Waals surface area contributed by atoms with Crippen LogP contribution in [0.1, 0.15) is 37.7 Å². The quantitative estimate of drug-likeness (QED) is 0.529. The van der Waals surface area contributed by atoms with E-state index >= 15 is 0 Å². The summed E-state index contributed by atoms with van der Waals surface area (Å²) in [5.41, 5.74) is 6.38. The Kier molecular flexibility index (Phi) is 5.91. The van der Waals surface area contributed by atoms with Crippen LogP contribution in [0.2, 0.25) is 0 Å². The van der Waals surface area contributed by atoms with Crippen molar-refractivity contribution in [2.75, 3.05) is 5.32 Å². The van der Waals surface area contributed by atoms with Gasteiger partial charge in [-0.25, -0.2) is 5.43 Å². The van der Waals surface area contributed by atoms with Crippen LogP contribution in [0, 0.1) is 13.8 Å². The van der Waals surface area contributed by atoms with Crippen molar-refractivity contribution in [3.05, 3.63) is 94.8 Å². The van der Waals surface area contributed by atoms with Crippen LogP contribution in [-0.4, -0.2) is 23.0 Å². The minimum Gasteiger partial charge on any atom is -0.322 e. The van der Waals surface area contributed by atoms with Gasteiger partial charge in [-0.3, -0.25) is 14.6 Å². The van der Waals surface area contributed by atoms with Gasteiger partial charge in [-0.05, 0) is 55.8 Å². The standard InChI is InChI=1S/C22H20N4O2/c1-15-7-3-4-12-20(15)22(28)25-18-10-6-9-17(13-18)21(27)26-23-14-19-11-5-8-16(2)24-19/h3-14H,1-2H3,(H,25,28)(H,26,27). The summed E-state index contributed by atoms with van der Waals surface area (Å²) in [6.07, 6.45) is 1.48. The third kappa shape index (κ3) is 4.88. The van der Waals surface area contributed by atoms with E-state index in [2.05, 4.69) is 20.8 Å². The first kappa shape index (κ1) is 19.0. The molecule has 0 spiro atoms. The Balaban J connectivity index is 1.66. The molecule has 0 saturated heterocycles. The van der Waals surface area contributed by atoms with Gasteiger partial charge in [0.15, 0.2) is 0 Å². The smallest absolute Gasteiger partial charge is 0.271 e. The summed E-state index contributed by atoms with van der Waals surface area (Å²) < 4.78 is 0. The molecule has 0 aliphatic rings. The summed E-state index contributed by atoms with van der Waals surface area (Å²) in [6.45, 7) is 3.76. The summed E-state index contributed by atoms with van der Waals surface area (Å²) >= 11 is 0. The van der Waals surface area contributed by atoms with Crippen LogP contribution >= 0.6 is 0 Å². The monoisotopic (exact) mass is 372 g/mol. The van der Waals surface area contributed by atoms with Gasteiger partial charge in [0.1, 0.15) is 0 Å². The van der Waals surface area contributed by atoms with Crippen LogP contribution in [0.15, 0.2) is 71.8 Å². The highest BCUT2D eigenvalue weighted by Crippen LogP contribution is 2.14. The maximum atomic E-state index is 12.4. The van der Waals surface area contributed by atoms with Crippen LogP contribution in [0.4, 0.5) is 5.69 Å². The highest BCUT2D eigenvalue weighted by molar-refractivity contribution is 6.06. The van der Waals surface area contributed by atoms with Crippen LogP contribution in [0.3, 0.4) is 0 Å². The molecule has 1 aromatic heterocycles. The van der Waals surface area contributed by atoms with E-state index in [1.54, 1.807) is 36.4 Å². The van der Waals surface area contributed by atoms with Gasteiger partial charge in [-0.1, -0.05) is 30.3 Å². The van der Waals surface area contributed by atoms with Gasteiger partial charge in [0.25, 0.3) is 11.8 Å². The molecule has 3 aromatic rings. The SMILES string of the molecule is Cc1cccc(C=NNC(=O)c2cccc(NC(=O)c3ccccc3C)c2)n1. The van der Waals surface area contributed by atoms with Crippen LogP contribution in [0.5, 0.6) is 0 Å². The Morgan fingerprint density at radius 1 is 0.929 bits per heavy atom.